The molecule has 0 spiro atoms. The van der Waals surface area contributed by atoms with Crippen molar-refractivity contribution in [3.8, 4) is 0 Å². The quantitative estimate of drug-likeness (QED) is 0.802. The maximum Gasteiger partial charge on any atom is 0.145 e. The van der Waals surface area contributed by atoms with Crippen LogP contribution in [0.4, 0.5) is 5.82 Å². The van der Waals surface area contributed by atoms with E-state index in [1.807, 2.05) is 6.07 Å². The molecule has 1 unspecified atom stereocenters. The molecule has 0 aliphatic heterocycles. The van der Waals surface area contributed by atoms with Crippen LogP contribution in [0.15, 0.2) is 16.7 Å². The molecular weight excluding hydrogens is 311 g/mol. The number of hydrogen-bond donors (Lipinski definition) is 1. The van der Waals surface area contributed by atoms with Crippen LogP contribution in [0.25, 0.3) is 0 Å². The molecule has 2 nitrogen and oxygen atoms in total. The maximum atomic E-state index is 6.09. The number of hydrogen-bond acceptors (Lipinski definition) is 2. The highest BCUT2D eigenvalue weighted by atomic mass is 79.9. The summed E-state index contributed by atoms with van der Waals surface area (Å²) in [6.45, 7) is 4.30. The summed E-state index contributed by atoms with van der Waals surface area (Å²) in [6, 6.07) is 2.12. The van der Waals surface area contributed by atoms with Gasteiger partial charge in [-0.15, -0.1) is 11.6 Å². The molecule has 16 heavy (non-hydrogen) atoms. The van der Waals surface area contributed by atoms with Gasteiger partial charge in [-0.1, -0.05) is 25.4 Å². The molecule has 0 fully saturated rings. The van der Waals surface area contributed by atoms with E-state index in [4.69, 9.17) is 23.2 Å². The normalized spacial score (nSPS) is 12.9. The zero-order chi connectivity index (χ0) is 12.1. The molecular formula is C11H15BrCl2N2. The Morgan fingerprint density at radius 3 is 2.69 bits per heavy atom. The highest BCUT2D eigenvalue weighted by molar-refractivity contribution is 9.10. The smallest absolute Gasteiger partial charge is 0.145 e. The van der Waals surface area contributed by atoms with Crippen molar-refractivity contribution in [1.29, 1.82) is 0 Å². The zero-order valence-corrected chi connectivity index (χ0v) is 12.4. The molecule has 1 aromatic rings. The first-order valence-corrected chi connectivity index (χ1v) is 6.88. The molecule has 0 aliphatic rings. The summed E-state index contributed by atoms with van der Waals surface area (Å²) in [7, 11) is 0. The first-order valence-electron chi connectivity index (χ1n) is 5.18. The molecule has 1 atom stereocenters. The Morgan fingerprint density at radius 1 is 1.50 bits per heavy atom. The van der Waals surface area contributed by atoms with Crippen LogP contribution in [0.1, 0.15) is 20.3 Å². The number of nitrogens with zero attached hydrogens (tertiary/aromatic N) is 1. The minimum absolute atomic E-state index is 0.295. The van der Waals surface area contributed by atoms with Crippen molar-refractivity contribution in [3.63, 3.8) is 0 Å². The number of nitrogens with one attached hydrogen (secondary N) is 1. The van der Waals surface area contributed by atoms with E-state index in [9.17, 15) is 0 Å². The predicted octanol–water partition coefficient (Wildman–Crippen LogP) is 4.56. The van der Waals surface area contributed by atoms with E-state index < -0.39 is 0 Å². The third-order valence-electron chi connectivity index (χ3n) is 2.35. The van der Waals surface area contributed by atoms with Crippen LogP contribution in [0.3, 0.4) is 0 Å². The monoisotopic (exact) mass is 324 g/mol. The number of aromatic nitrogens is 1. The van der Waals surface area contributed by atoms with E-state index in [0.29, 0.717) is 28.7 Å². The molecule has 90 valence electrons. The molecule has 1 heterocycles. The molecule has 0 bridgehead atoms. The topological polar surface area (TPSA) is 24.9 Å². The lowest BCUT2D eigenvalue weighted by Gasteiger charge is -2.22. The Kier molecular flexibility index (Phi) is 5.87. The molecule has 0 aromatic carbocycles. The van der Waals surface area contributed by atoms with Crippen molar-refractivity contribution in [2.75, 3.05) is 11.2 Å². The predicted molar refractivity (Wildman–Crippen MR) is 74.5 cm³/mol. The van der Waals surface area contributed by atoms with Gasteiger partial charge in [-0.3, -0.25) is 0 Å². The van der Waals surface area contributed by atoms with Crippen LogP contribution in [0.2, 0.25) is 5.02 Å². The largest absolute Gasteiger partial charge is 0.366 e. The number of alkyl halides is 1. The van der Waals surface area contributed by atoms with Gasteiger partial charge in [0.1, 0.15) is 5.82 Å². The van der Waals surface area contributed by atoms with Crippen LogP contribution in [-0.2, 0) is 0 Å². The SMILES string of the molecule is CC(C)C(CCCl)Nc1ncc(Br)cc1Cl. The Morgan fingerprint density at radius 2 is 2.19 bits per heavy atom. The van der Waals surface area contributed by atoms with Crippen LogP contribution in [-0.4, -0.2) is 16.9 Å². The average molecular weight is 326 g/mol. The highest BCUT2D eigenvalue weighted by Gasteiger charge is 2.14. The molecule has 0 saturated heterocycles. The van der Waals surface area contributed by atoms with Crippen LogP contribution in [0.5, 0.6) is 0 Å². The Hall–Kier alpha value is 0.01000. The number of anilines is 1. The third kappa shape index (κ3) is 4.11. The van der Waals surface area contributed by atoms with Crippen molar-refractivity contribution in [2.45, 2.75) is 26.3 Å². The summed E-state index contributed by atoms with van der Waals surface area (Å²) in [5.74, 6) is 1.83. The van der Waals surface area contributed by atoms with Crippen molar-refractivity contribution in [2.24, 2.45) is 5.92 Å². The molecule has 0 amide bonds. The summed E-state index contributed by atoms with van der Waals surface area (Å²) in [5.41, 5.74) is 0. The lowest BCUT2D eigenvalue weighted by atomic mass is 10.0. The summed E-state index contributed by atoms with van der Waals surface area (Å²) in [6.07, 6.45) is 2.62. The standard InChI is InChI=1S/C11H15BrCl2N2/c1-7(2)10(3-4-13)16-11-9(14)5-8(12)6-15-11/h5-7,10H,3-4H2,1-2H3,(H,15,16). The minimum atomic E-state index is 0.295. The van der Waals surface area contributed by atoms with Gasteiger partial charge in [0.25, 0.3) is 0 Å². The van der Waals surface area contributed by atoms with Gasteiger partial charge in [0, 0.05) is 22.6 Å². The van der Waals surface area contributed by atoms with Crippen LogP contribution >= 0.6 is 39.1 Å². The fourth-order valence-electron chi connectivity index (χ4n) is 1.39. The fourth-order valence-corrected chi connectivity index (χ4v) is 2.31. The average Bonchev–Trinajstić information content (AvgIpc) is 2.20. The highest BCUT2D eigenvalue weighted by Crippen LogP contribution is 2.25. The molecule has 0 radical (unpaired) electrons. The second kappa shape index (κ2) is 6.67. The van der Waals surface area contributed by atoms with E-state index >= 15 is 0 Å². The Labute approximate surface area is 115 Å². The second-order valence-electron chi connectivity index (χ2n) is 3.96. The van der Waals surface area contributed by atoms with Gasteiger partial charge in [-0.25, -0.2) is 4.98 Å². The molecule has 5 heteroatoms. The van der Waals surface area contributed by atoms with Gasteiger partial charge in [0.05, 0.1) is 5.02 Å². The number of pyridine rings is 1. The first kappa shape index (κ1) is 14.1. The lowest BCUT2D eigenvalue weighted by Crippen LogP contribution is -2.26. The summed E-state index contributed by atoms with van der Waals surface area (Å²) in [4.78, 5) is 4.25. The van der Waals surface area contributed by atoms with Gasteiger partial charge < -0.3 is 5.32 Å². The molecule has 1 aromatic heterocycles. The van der Waals surface area contributed by atoms with Crippen LogP contribution in [0, 0.1) is 5.92 Å². The maximum absolute atomic E-state index is 6.09. The van der Waals surface area contributed by atoms with Gasteiger partial charge in [-0.2, -0.15) is 0 Å². The van der Waals surface area contributed by atoms with Crippen molar-refractivity contribution < 1.29 is 0 Å². The van der Waals surface area contributed by atoms with Gasteiger partial charge in [0.2, 0.25) is 0 Å². The number of halogens is 3. The first-order chi connectivity index (χ1) is 7.54. The molecule has 0 saturated carbocycles. The van der Waals surface area contributed by atoms with E-state index in [1.54, 1.807) is 6.20 Å². The number of rotatable bonds is 5. The van der Waals surface area contributed by atoms with E-state index in [0.717, 1.165) is 10.9 Å². The van der Waals surface area contributed by atoms with Crippen LogP contribution < -0.4 is 5.32 Å². The Balaban J connectivity index is 2.77. The third-order valence-corrected chi connectivity index (χ3v) is 3.29. The summed E-state index contributed by atoms with van der Waals surface area (Å²) < 4.78 is 0.876. The van der Waals surface area contributed by atoms with Crippen molar-refractivity contribution in [1.82, 2.24) is 4.98 Å². The molecule has 0 aliphatic carbocycles. The fraction of sp³-hybridized carbons (Fsp3) is 0.545. The Bertz CT molecular complexity index is 345. The second-order valence-corrected chi connectivity index (χ2v) is 5.66. The van der Waals surface area contributed by atoms with Crippen molar-refractivity contribution in [3.05, 3.63) is 21.8 Å². The van der Waals surface area contributed by atoms with E-state index in [2.05, 4.69) is 40.1 Å². The van der Waals surface area contributed by atoms with Crippen molar-refractivity contribution >= 4 is 44.9 Å². The molecule has 1 rings (SSSR count). The molecule has 1 N–H and O–H groups in total. The van der Waals surface area contributed by atoms with E-state index in [-0.39, 0.29) is 0 Å². The minimum Gasteiger partial charge on any atom is -0.366 e. The lowest BCUT2D eigenvalue weighted by molar-refractivity contribution is 0.512. The van der Waals surface area contributed by atoms with Gasteiger partial charge in [-0.05, 0) is 34.3 Å². The van der Waals surface area contributed by atoms with E-state index in [1.165, 1.54) is 0 Å². The zero-order valence-electron chi connectivity index (χ0n) is 9.30. The van der Waals surface area contributed by atoms with Gasteiger partial charge >= 0.3 is 0 Å². The summed E-state index contributed by atoms with van der Waals surface area (Å²) in [5, 5.41) is 3.95. The van der Waals surface area contributed by atoms with Gasteiger partial charge in [0.15, 0.2) is 0 Å². The summed E-state index contributed by atoms with van der Waals surface area (Å²) >= 11 is 15.2.